The molecule has 0 radical (unpaired) electrons. The molecule has 0 aromatic heterocycles. The van der Waals surface area contributed by atoms with Crippen LogP contribution in [0.2, 0.25) is 0 Å². The Kier molecular flexibility index (Phi) is 5.11. The predicted octanol–water partition coefficient (Wildman–Crippen LogP) is 3.24. The van der Waals surface area contributed by atoms with Crippen molar-refractivity contribution in [3.05, 3.63) is 65.7 Å². The van der Waals surface area contributed by atoms with Crippen molar-refractivity contribution in [3.8, 4) is 0 Å². The van der Waals surface area contributed by atoms with Gasteiger partial charge in [-0.05, 0) is 36.6 Å². The van der Waals surface area contributed by atoms with Crippen molar-refractivity contribution in [1.82, 2.24) is 10.2 Å². The number of rotatable bonds is 4. The average molecular weight is 323 g/mol. The fourth-order valence-corrected chi connectivity index (χ4v) is 2.79. The van der Waals surface area contributed by atoms with Crippen LogP contribution in [0, 0.1) is 0 Å². The number of nitrogens with zero attached hydrogens (tertiary/aromatic N) is 1. The number of carbonyl (C=O) groups excluding carboxylic acids is 2. The highest BCUT2D eigenvalue weighted by Crippen LogP contribution is 2.16. The number of amides is 3. The Morgan fingerprint density at radius 1 is 0.958 bits per heavy atom. The first-order chi connectivity index (χ1) is 11.7. The van der Waals surface area contributed by atoms with Crippen LogP contribution in [-0.2, 0) is 6.54 Å². The standard InChI is InChI=1S/C19H21N3O2/c23-18(22-11-4-5-12-22)16-9-6-10-17(13-16)21-19(24)20-14-15-7-2-1-3-8-15/h1-3,6-10,13H,4-5,11-12,14H2,(H2,20,21,24). The normalized spacial score (nSPS) is 13.6. The summed E-state index contributed by atoms with van der Waals surface area (Å²) >= 11 is 0. The van der Waals surface area contributed by atoms with Gasteiger partial charge in [0.05, 0.1) is 0 Å². The van der Waals surface area contributed by atoms with Gasteiger partial charge in [0.15, 0.2) is 0 Å². The number of benzene rings is 2. The fraction of sp³-hybridized carbons (Fsp3) is 0.263. The topological polar surface area (TPSA) is 61.4 Å². The molecule has 0 bridgehead atoms. The van der Waals surface area contributed by atoms with E-state index in [0.29, 0.717) is 17.8 Å². The van der Waals surface area contributed by atoms with E-state index in [1.165, 1.54) is 0 Å². The van der Waals surface area contributed by atoms with Gasteiger partial charge in [0.1, 0.15) is 0 Å². The van der Waals surface area contributed by atoms with E-state index in [0.717, 1.165) is 31.5 Å². The molecule has 2 aromatic carbocycles. The van der Waals surface area contributed by atoms with E-state index in [2.05, 4.69) is 10.6 Å². The van der Waals surface area contributed by atoms with Gasteiger partial charge < -0.3 is 15.5 Å². The molecule has 124 valence electrons. The SMILES string of the molecule is O=C(NCc1ccccc1)Nc1cccc(C(=O)N2CCCC2)c1. The lowest BCUT2D eigenvalue weighted by Gasteiger charge is -2.16. The second-order valence-corrected chi connectivity index (χ2v) is 5.87. The maximum absolute atomic E-state index is 12.4. The molecule has 1 fully saturated rings. The molecule has 1 aliphatic heterocycles. The zero-order chi connectivity index (χ0) is 16.8. The van der Waals surface area contributed by atoms with E-state index in [1.54, 1.807) is 24.3 Å². The molecule has 1 aliphatic rings. The van der Waals surface area contributed by atoms with E-state index in [-0.39, 0.29) is 11.9 Å². The third kappa shape index (κ3) is 4.13. The summed E-state index contributed by atoms with van der Waals surface area (Å²) in [6, 6.07) is 16.5. The Hall–Kier alpha value is -2.82. The number of likely N-dealkylation sites (tertiary alicyclic amines) is 1. The Morgan fingerprint density at radius 3 is 2.46 bits per heavy atom. The van der Waals surface area contributed by atoms with Gasteiger partial charge in [0.25, 0.3) is 5.91 Å². The number of hydrogen-bond acceptors (Lipinski definition) is 2. The quantitative estimate of drug-likeness (QED) is 0.907. The van der Waals surface area contributed by atoms with Crippen LogP contribution in [0.5, 0.6) is 0 Å². The van der Waals surface area contributed by atoms with Crippen molar-refractivity contribution in [2.75, 3.05) is 18.4 Å². The molecule has 3 rings (SSSR count). The van der Waals surface area contributed by atoms with Crippen LogP contribution >= 0.6 is 0 Å². The molecule has 0 spiro atoms. The summed E-state index contributed by atoms with van der Waals surface area (Å²) < 4.78 is 0. The fourth-order valence-electron chi connectivity index (χ4n) is 2.79. The van der Waals surface area contributed by atoms with Crippen LogP contribution in [0.25, 0.3) is 0 Å². The van der Waals surface area contributed by atoms with E-state index in [4.69, 9.17) is 0 Å². The molecule has 5 nitrogen and oxygen atoms in total. The highest BCUT2D eigenvalue weighted by molar-refractivity contribution is 5.97. The minimum atomic E-state index is -0.287. The summed E-state index contributed by atoms with van der Waals surface area (Å²) in [4.78, 5) is 26.3. The minimum Gasteiger partial charge on any atom is -0.339 e. The van der Waals surface area contributed by atoms with E-state index < -0.39 is 0 Å². The van der Waals surface area contributed by atoms with E-state index in [9.17, 15) is 9.59 Å². The van der Waals surface area contributed by atoms with Crippen LogP contribution in [0.15, 0.2) is 54.6 Å². The molecule has 0 atom stereocenters. The first-order valence-electron chi connectivity index (χ1n) is 8.20. The average Bonchev–Trinajstić information content (AvgIpc) is 3.15. The molecule has 5 heteroatoms. The van der Waals surface area contributed by atoms with Gasteiger partial charge in [-0.1, -0.05) is 36.4 Å². The second kappa shape index (κ2) is 7.64. The van der Waals surface area contributed by atoms with Crippen LogP contribution in [0.3, 0.4) is 0 Å². The Bertz CT molecular complexity index is 710. The largest absolute Gasteiger partial charge is 0.339 e. The van der Waals surface area contributed by atoms with Gasteiger partial charge in [-0.2, -0.15) is 0 Å². The second-order valence-electron chi connectivity index (χ2n) is 5.87. The zero-order valence-electron chi connectivity index (χ0n) is 13.5. The molecular weight excluding hydrogens is 302 g/mol. The lowest BCUT2D eigenvalue weighted by atomic mass is 10.2. The molecule has 1 heterocycles. The lowest BCUT2D eigenvalue weighted by molar-refractivity contribution is 0.0793. The van der Waals surface area contributed by atoms with E-state index in [1.807, 2.05) is 35.2 Å². The summed E-state index contributed by atoms with van der Waals surface area (Å²) in [6.45, 7) is 2.08. The van der Waals surface area contributed by atoms with Gasteiger partial charge >= 0.3 is 6.03 Å². The number of anilines is 1. The molecule has 1 saturated heterocycles. The summed E-state index contributed by atoms with van der Waals surface area (Å²) in [7, 11) is 0. The van der Waals surface area contributed by atoms with Gasteiger partial charge in [-0.15, -0.1) is 0 Å². The van der Waals surface area contributed by atoms with Gasteiger partial charge in [-0.25, -0.2) is 4.79 Å². The molecule has 2 N–H and O–H groups in total. The summed E-state index contributed by atoms with van der Waals surface area (Å²) in [5, 5.41) is 5.58. The van der Waals surface area contributed by atoms with Gasteiger partial charge in [-0.3, -0.25) is 4.79 Å². The maximum atomic E-state index is 12.4. The molecule has 24 heavy (non-hydrogen) atoms. The minimum absolute atomic E-state index is 0.0286. The highest BCUT2D eigenvalue weighted by atomic mass is 16.2. The molecule has 2 aromatic rings. The monoisotopic (exact) mass is 323 g/mol. The van der Waals surface area contributed by atoms with Crippen molar-refractivity contribution in [2.45, 2.75) is 19.4 Å². The highest BCUT2D eigenvalue weighted by Gasteiger charge is 2.19. The molecule has 3 amide bonds. The Morgan fingerprint density at radius 2 is 1.71 bits per heavy atom. The molecule has 0 saturated carbocycles. The Labute approximate surface area is 141 Å². The van der Waals surface area contributed by atoms with Crippen LogP contribution in [-0.4, -0.2) is 29.9 Å². The van der Waals surface area contributed by atoms with Gasteiger partial charge in [0.2, 0.25) is 0 Å². The van der Waals surface area contributed by atoms with E-state index >= 15 is 0 Å². The first kappa shape index (κ1) is 16.1. The van der Waals surface area contributed by atoms with Crippen molar-refractivity contribution in [1.29, 1.82) is 0 Å². The van der Waals surface area contributed by atoms with Crippen molar-refractivity contribution < 1.29 is 9.59 Å². The molecular formula is C19H21N3O2. The summed E-state index contributed by atoms with van der Waals surface area (Å²) in [6.07, 6.45) is 2.12. The van der Waals surface area contributed by atoms with Crippen molar-refractivity contribution >= 4 is 17.6 Å². The number of carbonyl (C=O) groups is 2. The third-order valence-corrected chi connectivity index (χ3v) is 4.06. The number of nitrogens with one attached hydrogen (secondary N) is 2. The number of urea groups is 1. The van der Waals surface area contributed by atoms with Crippen LogP contribution in [0.4, 0.5) is 10.5 Å². The first-order valence-corrected chi connectivity index (χ1v) is 8.20. The predicted molar refractivity (Wildman–Crippen MR) is 93.9 cm³/mol. The van der Waals surface area contributed by atoms with Crippen molar-refractivity contribution in [3.63, 3.8) is 0 Å². The Balaban J connectivity index is 1.57. The van der Waals surface area contributed by atoms with Gasteiger partial charge in [0, 0.05) is 30.9 Å². The molecule has 0 aliphatic carbocycles. The zero-order valence-corrected chi connectivity index (χ0v) is 13.5. The van der Waals surface area contributed by atoms with Crippen LogP contribution < -0.4 is 10.6 Å². The third-order valence-electron chi connectivity index (χ3n) is 4.06. The number of hydrogen-bond donors (Lipinski definition) is 2. The summed E-state index contributed by atoms with van der Waals surface area (Å²) in [5.74, 6) is 0.0286. The van der Waals surface area contributed by atoms with Crippen LogP contribution in [0.1, 0.15) is 28.8 Å². The lowest BCUT2D eigenvalue weighted by Crippen LogP contribution is -2.29. The van der Waals surface area contributed by atoms with Crippen molar-refractivity contribution in [2.24, 2.45) is 0 Å². The molecule has 0 unspecified atom stereocenters. The maximum Gasteiger partial charge on any atom is 0.319 e. The summed E-state index contributed by atoms with van der Waals surface area (Å²) in [5.41, 5.74) is 2.26. The smallest absolute Gasteiger partial charge is 0.319 e.